The molecule has 0 aliphatic carbocycles. The molecule has 1 aromatic heterocycles. The number of benzene rings is 1. The van der Waals surface area contributed by atoms with Crippen LogP contribution < -0.4 is 10.2 Å². The number of carbonyl (C=O) groups is 2. The van der Waals surface area contributed by atoms with Crippen molar-refractivity contribution < 1.29 is 9.59 Å². The summed E-state index contributed by atoms with van der Waals surface area (Å²) >= 11 is 1.26. The number of amides is 2. The molecule has 0 bridgehead atoms. The smallest absolute Gasteiger partial charge is 0.231 e. The minimum absolute atomic E-state index is 0.0262. The fourth-order valence-corrected chi connectivity index (χ4v) is 2.93. The number of hydrogen-bond donors (Lipinski definition) is 1. The van der Waals surface area contributed by atoms with Crippen molar-refractivity contribution in [2.45, 2.75) is 19.8 Å². The van der Waals surface area contributed by atoms with Crippen LogP contribution in [-0.4, -0.2) is 28.6 Å². The van der Waals surface area contributed by atoms with Gasteiger partial charge in [0.05, 0.1) is 5.92 Å². The Morgan fingerprint density at radius 3 is 2.82 bits per heavy atom. The Kier molecular flexibility index (Phi) is 4.15. The van der Waals surface area contributed by atoms with Crippen LogP contribution in [0.4, 0.5) is 10.8 Å². The van der Waals surface area contributed by atoms with Crippen LogP contribution in [0.2, 0.25) is 0 Å². The molecule has 22 heavy (non-hydrogen) atoms. The molecule has 7 heteroatoms. The number of hydrogen-bond acceptors (Lipinski definition) is 5. The summed E-state index contributed by atoms with van der Waals surface area (Å²) in [6.45, 7) is 2.48. The fourth-order valence-electron chi connectivity index (χ4n) is 2.48. The minimum atomic E-state index is -0.359. The molecule has 2 amide bonds. The lowest BCUT2D eigenvalue weighted by molar-refractivity contribution is -0.122. The minimum Gasteiger partial charge on any atom is -0.312 e. The molecule has 2 heterocycles. The Bertz CT molecular complexity index is 669. The van der Waals surface area contributed by atoms with E-state index in [9.17, 15) is 9.59 Å². The highest BCUT2D eigenvalue weighted by atomic mass is 32.1. The van der Waals surface area contributed by atoms with Gasteiger partial charge in [-0.3, -0.25) is 9.59 Å². The van der Waals surface area contributed by atoms with Crippen LogP contribution in [-0.2, 0) is 16.0 Å². The average Bonchev–Trinajstić information content (AvgIpc) is 3.17. The third kappa shape index (κ3) is 2.99. The van der Waals surface area contributed by atoms with Gasteiger partial charge in [0.1, 0.15) is 5.51 Å². The highest BCUT2D eigenvalue weighted by Gasteiger charge is 2.35. The van der Waals surface area contributed by atoms with Crippen molar-refractivity contribution in [3.63, 3.8) is 0 Å². The molecule has 6 nitrogen and oxygen atoms in total. The molecule has 3 rings (SSSR count). The first-order valence-electron chi connectivity index (χ1n) is 7.13. The summed E-state index contributed by atoms with van der Waals surface area (Å²) in [5.74, 6) is -0.568. The third-order valence-corrected chi connectivity index (χ3v) is 4.35. The van der Waals surface area contributed by atoms with Crippen LogP contribution in [0.25, 0.3) is 0 Å². The maximum Gasteiger partial charge on any atom is 0.231 e. The molecule has 1 atom stereocenters. The number of nitrogens with one attached hydrogen (secondary N) is 1. The van der Waals surface area contributed by atoms with E-state index in [4.69, 9.17) is 0 Å². The summed E-state index contributed by atoms with van der Waals surface area (Å²) in [6, 6.07) is 7.89. The predicted octanol–water partition coefficient (Wildman–Crippen LogP) is 2.09. The Balaban J connectivity index is 1.68. The Morgan fingerprint density at radius 1 is 1.41 bits per heavy atom. The van der Waals surface area contributed by atoms with Gasteiger partial charge in [-0.25, -0.2) is 0 Å². The molecule has 2 aromatic rings. The summed E-state index contributed by atoms with van der Waals surface area (Å²) in [4.78, 5) is 26.0. The number of nitrogens with zero attached hydrogens (tertiary/aromatic N) is 3. The fraction of sp³-hybridized carbons (Fsp3) is 0.333. The van der Waals surface area contributed by atoms with Gasteiger partial charge in [-0.15, -0.1) is 10.2 Å². The first kappa shape index (κ1) is 14.6. The lowest BCUT2D eigenvalue weighted by Crippen LogP contribution is -2.28. The summed E-state index contributed by atoms with van der Waals surface area (Å²) < 4.78 is 0. The van der Waals surface area contributed by atoms with E-state index in [0.717, 1.165) is 12.1 Å². The van der Waals surface area contributed by atoms with Gasteiger partial charge >= 0.3 is 0 Å². The average molecular weight is 316 g/mol. The molecule has 1 aromatic carbocycles. The number of rotatable bonds is 4. The van der Waals surface area contributed by atoms with E-state index in [2.05, 4.69) is 22.4 Å². The van der Waals surface area contributed by atoms with Crippen molar-refractivity contribution in [3.8, 4) is 0 Å². The van der Waals surface area contributed by atoms with Crippen LogP contribution in [0, 0.1) is 5.92 Å². The van der Waals surface area contributed by atoms with E-state index in [0.29, 0.717) is 11.7 Å². The topological polar surface area (TPSA) is 75.2 Å². The quantitative estimate of drug-likeness (QED) is 0.937. The van der Waals surface area contributed by atoms with Crippen LogP contribution in [0.15, 0.2) is 29.8 Å². The van der Waals surface area contributed by atoms with Gasteiger partial charge in [0.15, 0.2) is 0 Å². The molecule has 0 saturated carbocycles. The summed E-state index contributed by atoms with van der Waals surface area (Å²) in [5, 5.41) is 10.6. The zero-order valence-electron chi connectivity index (χ0n) is 12.2. The van der Waals surface area contributed by atoms with Crippen molar-refractivity contribution in [1.29, 1.82) is 0 Å². The summed E-state index contributed by atoms with van der Waals surface area (Å²) in [5.41, 5.74) is 3.62. The zero-order chi connectivity index (χ0) is 15.5. The van der Waals surface area contributed by atoms with Crippen LogP contribution in [0.3, 0.4) is 0 Å². The largest absolute Gasteiger partial charge is 0.312 e. The molecule has 1 fully saturated rings. The second-order valence-corrected chi connectivity index (χ2v) is 5.99. The second kappa shape index (κ2) is 6.23. The van der Waals surface area contributed by atoms with Crippen molar-refractivity contribution in [3.05, 3.63) is 35.3 Å². The maximum atomic E-state index is 12.2. The van der Waals surface area contributed by atoms with Crippen molar-refractivity contribution >= 4 is 34.0 Å². The van der Waals surface area contributed by atoms with Crippen LogP contribution >= 0.6 is 11.3 Å². The first-order chi connectivity index (χ1) is 10.7. The second-order valence-electron chi connectivity index (χ2n) is 5.16. The highest BCUT2D eigenvalue weighted by molar-refractivity contribution is 7.13. The molecular formula is C15H16N4O2S. The van der Waals surface area contributed by atoms with Gasteiger partial charge in [0.2, 0.25) is 16.9 Å². The summed E-state index contributed by atoms with van der Waals surface area (Å²) in [7, 11) is 0. The van der Waals surface area contributed by atoms with Gasteiger partial charge in [-0.05, 0) is 24.1 Å². The van der Waals surface area contributed by atoms with E-state index in [1.54, 1.807) is 10.4 Å². The van der Waals surface area contributed by atoms with E-state index in [-0.39, 0.29) is 24.2 Å². The highest BCUT2D eigenvalue weighted by Crippen LogP contribution is 2.26. The molecular weight excluding hydrogens is 300 g/mol. The molecule has 0 radical (unpaired) electrons. The van der Waals surface area contributed by atoms with Crippen LogP contribution in [0.5, 0.6) is 0 Å². The molecule has 0 spiro atoms. The SMILES string of the molecule is CCc1ccc(N2C[C@@H](C(=O)Nc3nncs3)CC2=O)cc1. The standard InChI is InChI=1S/C15H16N4O2S/c1-2-10-3-5-12(6-4-10)19-8-11(7-13(19)20)14(21)17-15-18-16-9-22-15/h3-6,9,11H,2,7-8H2,1H3,(H,17,18,21)/t11-/m0/s1. The molecule has 0 unspecified atom stereocenters. The Labute approximate surface area is 132 Å². The van der Waals surface area contributed by atoms with Crippen molar-refractivity contribution in [2.24, 2.45) is 5.92 Å². The summed E-state index contributed by atoms with van der Waals surface area (Å²) in [6.07, 6.45) is 1.18. The third-order valence-electron chi connectivity index (χ3n) is 3.74. The van der Waals surface area contributed by atoms with Gasteiger partial charge in [0.25, 0.3) is 0 Å². The molecule has 1 aliphatic heterocycles. The predicted molar refractivity (Wildman–Crippen MR) is 84.8 cm³/mol. The van der Waals surface area contributed by atoms with Crippen molar-refractivity contribution in [2.75, 3.05) is 16.8 Å². The molecule has 1 saturated heterocycles. The Hall–Kier alpha value is -2.28. The van der Waals surface area contributed by atoms with E-state index >= 15 is 0 Å². The normalized spacial score (nSPS) is 17.8. The number of anilines is 2. The van der Waals surface area contributed by atoms with E-state index in [1.807, 2.05) is 24.3 Å². The monoisotopic (exact) mass is 316 g/mol. The zero-order valence-corrected chi connectivity index (χ0v) is 13.0. The van der Waals surface area contributed by atoms with E-state index < -0.39 is 0 Å². The van der Waals surface area contributed by atoms with Gasteiger partial charge in [-0.2, -0.15) is 0 Å². The van der Waals surface area contributed by atoms with E-state index in [1.165, 1.54) is 16.9 Å². The Morgan fingerprint density at radius 2 is 2.18 bits per heavy atom. The van der Waals surface area contributed by atoms with Gasteiger partial charge < -0.3 is 10.2 Å². The number of aromatic nitrogens is 2. The molecule has 1 N–H and O–H groups in total. The van der Waals surface area contributed by atoms with Gasteiger partial charge in [-0.1, -0.05) is 30.4 Å². The lowest BCUT2D eigenvalue weighted by Gasteiger charge is -2.16. The molecule has 1 aliphatic rings. The lowest BCUT2D eigenvalue weighted by atomic mass is 10.1. The maximum absolute atomic E-state index is 12.2. The first-order valence-corrected chi connectivity index (χ1v) is 8.01. The molecule has 114 valence electrons. The van der Waals surface area contributed by atoms with Gasteiger partial charge in [0, 0.05) is 18.7 Å². The van der Waals surface area contributed by atoms with Crippen LogP contribution in [0.1, 0.15) is 18.9 Å². The number of aryl methyl sites for hydroxylation is 1. The van der Waals surface area contributed by atoms with Crippen molar-refractivity contribution in [1.82, 2.24) is 10.2 Å². The number of carbonyl (C=O) groups excluding carboxylic acids is 2.